The third-order valence-electron chi connectivity index (χ3n) is 4.70. The lowest BCUT2D eigenvalue weighted by atomic mass is 10.1. The zero-order chi connectivity index (χ0) is 24.1. The van der Waals surface area contributed by atoms with Gasteiger partial charge in [0.25, 0.3) is 11.8 Å². The number of hydrogen-bond donors (Lipinski definition) is 3. The van der Waals surface area contributed by atoms with E-state index in [0.29, 0.717) is 29.2 Å². The van der Waals surface area contributed by atoms with Crippen LogP contribution in [0.4, 0.5) is 0 Å². The zero-order valence-corrected chi connectivity index (χ0v) is 19.7. The Morgan fingerprint density at radius 1 is 1.09 bits per heavy atom. The van der Waals surface area contributed by atoms with Crippen LogP contribution in [-0.2, 0) is 9.59 Å². The van der Waals surface area contributed by atoms with Crippen molar-refractivity contribution < 1.29 is 24.2 Å². The number of carbonyl (C=O) groups excluding carboxylic acids is 2. The van der Waals surface area contributed by atoms with Crippen LogP contribution >= 0.6 is 11.8 Å². The van der Waals surface area contributed by atoms with Crippen LogP contribution in [0.5, 0.6) is 5.75 Å². The van der Waals surface area contributed by atoms with E-state index in [1.54, 1.807) is 48.5 Å². The predicted molar refractivity (Wildman–Crippen MR) is 131 cm³/mol. The van der Waals surface area contributed by atoms with E-state index in [0.717, 1.165) is 12.8 Å². The molecule has 0 saturated heterocycles. The normalized spacial score (nSPS) is 12.0. The van der Waals surface area contributed by atoms with Crippen molar-refractivity contribution in [1.29, 1.82) is 0 Å². The Morgan fingerprint density at radius 3 is 2.39 bits per heavy atom. The van der Waals surface area contributed by atoms with Crippen molar-refractivity contribution in [3.05, 3.63) is 71.4 Å². The van der Waals surface area contributed by atoms with Crippen LogP contribution in [0.2, 0.25) is 0 Å². The molecule has 1 atom stereocenters. The quantitative estimate of drug-likeness (QED) is 0.302. The second kappa shape index (κ2) is 14.0. The predicted octanol–water partition coefficient (Wildman–Crippen LogP) is 3.96. The van der Waals surface area contributed by atoms with Crippen molar-refractivity contribution in [3.63, 3.8) is 0 Å². The van der Waals surface area contributed by atoms with Crippen molar-refractivity contribution >= 4 is 35.6 Å². The fourth-order valence-corrected chi connectivity index (χ4v) is 3.31. The topological polar surface area (TPSA) is 105 Å². The van der Waals surface area contributed by atoms with E-state index in [9.17, 15) is 19.5 Å². The molecular formula is C25H30N2O5S. The lowest BCUT2D eigenvalue weighted by Crippen LogP contribution is -2.44. The minimum Gasteiger partial charge on any atom is -0.494 e. The minimum atomic E-state index is -1.12. The van der Waals surface area contributed by atoms with Gasteiger partial charge in [0.15, 0.2) is 0 Å². The molecule has 0 aromatic heterocycles. The van der Waals surface area contributed by atoms with Gasteiger partial charge in [-0.1, -0.05) is 43.7 Å². The number of rotatable bonds is 13. The molecule has 3 N–H and O–H groups in total. The fourth-order valence-electron chi connectivity index (χ4n) is 2.83. The number of amides is 2. The number of ether oxygens (including phenoxy) is 1. The standard InChI is InChI=1S/C25H30N2O5S/c1-3-4-15-32-20-12-10-19(11-13-20)23(28)27-22(17-18-8-6-5-7-9-18)24(29)26-21(25(30)31)14-16-33-2/h5-13,17,21H,3-4,14-16H2,1-2H3,(H,26,29)(H,27,28)(H,30,31)/b22-17+. The molecule has 0 aliphatic heterocycles. The molecule has 0 saturated carbocycles. The molecule has 0 bridgehead atoms. The largest absolute Gasteiger partial charge is 0.494 e. The first-order valence-corrected chi connectivity index (χ1v) is 12.2. The Kier molecular flexibility index (Phi) is 11.0. The van der Waals surface area contributed by atoms with Crippen molar-refractivity contribution in [2.45, 2.75) is 32.2 Å². The Bertz CT molecular complexity index is 945. The molecule has 0 heterocycles. The highest BCUT2D eigenvalue weighted by atomic mass is 32.2. The highest BCUT2D eigenvalue weighted by Gasteiger charge is 2.23. The van der Waals surface area contributed by atoms with Gasteiger partial charge in [-0.05, 0) is 60.8 Å². The first-order valence-electron chi connectivity index (χ1n) is 10.8. The van der Waals surface area contributed by atoms with Gasteiger partial charge < -0.3 is 20.5 Å². The SMILES string of the molecule is CCCCOc1ccc(C(=O)N/C(=C/c2ccccc2)C(=O)NC(CCSC)C(=O)O)cc1. The molecule has 2 aromatic carbocycles. The summed E-state index contributed by atoms with van der Waals surface area (Å²) in [6.45, 7) is 2.68. The number of carboxylic acid groups (broad SMARTS) is 1. The maximum Gasteiger partial charge on any atom is 0.326 e. The Labute approximate surface area is 198 Å². The second-order valence-electron chi connectivity index (χ2n) is 7.29. The molecule has 33 heavy (non-hydrogen) atoms. The first kappa shape index (κ1) is 26.0. The van der Waals surface area contributed by atoms with Gasteiger partial charge in [0.1, 0.15) is 17.5 Å². The van der Waals surface area contributed by atoms with E-state index in [4.69, 9.17) is 4.74 Å². The number of nitrogens with one attached hydrogen (secondary N) is 2. The van der Waals surface area contributed by atoms with Crippen LogP contribution in [0.25, 0.3) is 6.08 Å². The van der Waals surface area contributed by atoms with Crippen LogP contribution in [0.1, 0.15) is 42.1 Å². The van der Waals surface area contributed by atoms with E-state index in [-0.39, 0.29) is 12.1 Å². The number of carbonyl (C=O) groups is 3. The summed E-state index contributed by atoms with van der Waals surface area (Å²) >= 11 is 1.49. The van der Waals surface area contributed by atoms with Gasteiger partial charge in [-0.2, -0.15) is 11.8 Å². The highest BCUT2D eigenvalue weighted by molar-refractivity contribution is 7.98. The monoisotopic (exact) mass is 470 g/mol. The third kappa shape index (κ3) is 9.02. The molecule has 0 radical (unpaired) electrons. The van der Waals surface area contributed by atoms with Gasteiger partial charge in [-0.15, -0.1) is 0 Å². The van der Waals surface area contributed by atoms with Crippen LogP contribution in [-0.4, -0.2) is 47.5 Å². The van der Waals surface area contributed by atoms with E-state index >= 15 is 0 Å². The molecule has 1 unspecified atom stereocenters. The van der Waals surface area contributed by atoms with Crippen LogP contribution in [0, 0.1) is 0 Å². The van der Waals surface area contributed by atoms with Gasteiger partial charge >= 0.3 is 5.97 Å². The Balaban J connectivity index is 2.18. The zero-order valence-electron chi connectivity index (χ0n) is 18.9. The molecule has 2 aromatic rings. The van der Waals surface area contributed by atoms with Crippen LogP contribution in [0.15, 0.2) is 60.3 Å². The number of carboxylic acids is 1. The number of unbranched alkanes of at least 4 members (excludes halogenated alkanes) is 1. The smallest absolute Gasteiger partial charge is 0.326 e. The molecule has 0 aliphatic rings. The third-order valence-corrected chi connectivity index (χ3v) is 5.34. The summed E-state index contributed by atoms with van der Waals surface area (Å²) < 4.78 is 5.61. The second-order valence-corrected chi connectivity index (χ2v) is 8.28. The fraction of sp³-hybridized carbons (Fsp3) is 0.320. The maximum atomic E-state index is 12.9. The first-order chi connectivity index (χ1) is 15.9. The van der Waals surface area contributed by atoms with E-state index in [1.807, 2.05) is 12.3 Å². The number of thioether (sulfide) groups is 1. The van der Waals surface area contributed by atoms with E-state index < -0.39 is 23.8 Å². The molecule has 0 aliphatic carbocycles. The average molecular weight is 471 g/mol. The summed E-state index contributed by atoms with van der Waals surface area (Å²) in [5, 5.41) is 14.6. The van der Waals surface area contributed by atoms with Gasteiger partial charge in [0.05, 0.1) is 6.61 Å². The molecule has 8 heteroatoms. The molecule has 2 amide bonds. The van der Waals surface area contributed by atoms with E-state index in [1.165, 1.54) is 17.8 Å². The van der Waals surface area contributed by atoms with Gasteiger partial charge in [0.2, 0.25) is 0 Å². The van der Waals surface area contributed by atoms with Crippen LogP contribution in [0.3, 0.4) is 0 Å². The molecule has 7 nitrogen and oxygen atoms in total. The molecule has 0 spiro atoms. The summed E-state index contributed by atoms with van der Waals surface area (Å²) in [6, 6.07) is 14.6. The summed E-state index contributed by atoms with van der Waals surface area (Å²) in [5.74, 6) is -1.03. The lowest BCUT2D eigenvalue weighted by molar-refractivity contribution is -0.141. The van der Waals surface area contributed by atoms with Crippen molar-refractivity contribution in [3.8, 4) is 5.75 Å². The molecule has 176 valence electrons. The van der Waals surface area contributed by atoms with E-state index in [2.05, 4.69) is 17.6 Å². The van der Waals surface area contributed by atoms with Gasteiger partial charge in [-0.3, -0.25) is 9.59 Å². The number of hydrogen-bond acceptors (Lipinski definition) is 5. The molecule has 2 rings (SSSR count). The molecular weight excluding hydrogens is 440 g/mol. The highest BCUT2D eigenvalue weighted by Crippen LogP contribution is 2.14. The van der Waals surface area contributed by atoms with Crippen molar-refractivity contribution in [1.82, 2.24) is 10.6 Å². The summed E-state index contributed by atoms with van der Waals surface area (Å²) in [6.07, 6.45) is 5.62. The minimum absolute atomic E-state index is 0.0372. The molecule has 0 fully saturated rings. The number of aliphatic carboxylic acids is 1. The van der Waals surface area contributed by atoms with Crippen molar-refractivity contribution in [2.75, 3.05) is 18.6 Å². The Hall–Kier alpha value is -3.26. The van der Waals surface area contributed by atoms with Crippen LogP contribution < -0.4 is 15.4 Å². The van der Waals surface area contributed by atoms with Gasteiger partial charge in [-0.25, -0.2) is 4.79 Å². The summed E-state index contributed by atoms with van der Waals surface area (Å²) in [7, 11) is 0. The summed E-state index contributed by atoms with van der Waals surface area (Å²) in [5.41, 5.74) is 1.00. The number of benzene rings is 2. The summed E-state index contributed by atoms with van der Waals surface area (Å²) in [4.78, 5) is 37.3. The van der Waals surface area contributed by atoms with Gasteiger partial charge in [0, 0.05) is 5.56 Å². The Morgan fingerprint density at radius 2 is 1.79 bits per heavy atom. The van der Waals surface area contributed by atoms with Crippen molar-refractivity contribution in [2.24, 2.45) is 0 Å². The average Bonchev–Trinajstić information content (AvgIpc) is 2.82. The maximum absolute atomic E-state index is 12.9. The lowest BCUT2D eigenvalue weighted by Gasteiger charge is -2.16.